The maximum atomic E-state index is 12.3. The van der Waals surface area contributed by atoms with Crippen LogP contribution in [0.2, 0.25) is 0 Å². The maximum absolute atomic E-state index is 12.3. The maximum Gasteiger partial charge on any atom is 0.315 e. The number of nitrogens with one attached hydrogen (secondary N) is 2. The van der Waals surface area contributed by atoms with Gasteiger partial charge < -0.3 is 15.4 Å². The number of rotatable bonds is 4. The summed E-state index contributed by atoms with van der Waals surface area (Å²) >= 11 is 1.98. The molecule has 0 radical (unpaired) electrons. The molecular formula is C16H26N2O2S. The zero-order chi connectivity index (χ0) is 14.3. The highest BCUT2D eigenvalue weighted by molar-refractivity contribution is 7.99. The van der Waals surface area contributed by atoms with E-state index in [1.807, 2.05) is 11.8 Å². The van der Waals surface area contributed by atoms with Crippen LogP contribution in [0.4, 0.5) is 4.79 Å². The molecule has 1 spiro atoms. The second-order valence-electron chi connectivity index (χ2n) is 7.34. The summed E-state index contributed by atoms with van der Waals surface area (Å²) in [6.07, 6.45) is 8.31. The van der Waals surface area contributed by atoms with Gasteiger partial charge in [-0.15, -0.1) is 0 Å². The summed E-state index contributed by atoms with van der Waals surface area (Å²) in [5.74, 6) is 3.82. The summed E-state index contributed by atoms with van der Waals surface area (Å²) < 4.78 is 6.02. The number of ether oxygens (including phenoxy) is 1. The van der Waals surface area contributed by atoms with Crippen molar-refractivity contribution in [3.63, 3.8) is 0 Å². The fourth-order valence-corrected chi connectivity index (χ4v) is 5.30. The van der Waals surface area contributed by atoms with Gasteiger partial charge in [-0.3, -0.25) is 0 Å². The highest BCUT2D eigenvalue weighted by Crippen LogP contribution is 2.44. The molecule has 2 aliphatic heterocycles. The Kier molecular flexibility index (Phi) is 3.82. The van der Waals surface area contributed by atoms with Gasteiger partial charge in [0, 0.05) is 24.4 Å². The fraction of sp³-hybridized carbons (Fsp3) is 0.938. The monoisotopic (exact) mass is 310 g/mol. The van der Waals surface area contributed by atoms with Crippen molar-refractivity contribution in [2.75, 3.05) is 18.1 Å². The first kappa shape index (κ1) is 14.2. The average molecular weight is 310 g/mol. The Balaban J connectivity index is 1.29. The van der Waals surface area contributed by atoms with E-state index >= 15 is 0 Å². The molecule has 0 aromatic carbocycles. The zero-order valence-corrected chi connectivity index (χ0v) is 13.4. The molecule has 2 heterocycles. The van der Waals surface area contributed by atoms with Gasteiger partial charge in [0.1, 0.15) is 0 Å². The quantitative estimate of drug-likeness (QED) is 0.839. The Bertz CT molecular complexity index is 391. The third-order valence-electron chi connectivity index (χ3n) is 5.45. The number of carbonyl (C=O) groups excluding carboxylic acids is 1. The smallest absolute Gasteiger partial charge is 0.315 e. The Labute approximate surface area is 131 Å². The second kappa shape index (κ2) is 5.65. The first-order valence-corrected chi connectivity index (χ1v) is 9.68. The molecule has 4 rings (SSSR count). The third kappa shape index (κ3) is 3.34. The molecule has 4 fully saturated rings. The first-order valence-electron chi connectivity index (χ1n) is 8.53. The molecule has 4 nitrogen and oxygen atoms in total. The van der Waals surface area contributed by atoms with Crippen molar-refractivity contribution in [3.05, 3.63) is 0 Å². The molecule has 0 aromatic heterocycles. The van der Waals surface area contributed by atoms with E-state index in [0.29, 0.717) is 6.04 Å². The fourth-order valence-electron chi connectivity index (χ4n) is 3.92. The predicted molar refractivity (Wildman–Crippen MR) is 84.6 cm³/mol. The number of amides is 2. The van der Waals surface area contributed by atoms with Crippen LogP contribution < -0.4 is 10.6 Å². The van der Waals surface area contributed by atoms with Crippen molar-refractivity contribution >= 4 is 17.8 Å². The summed E-state index contributed by atoms with van der Waals surface area (Å²) in [7, 11) is 0. The number of carbonyl (C=O) groups is 1. The zero-order valence-electron chi connectivity index (χ0n) is 12.6. The summed E-state index contributed by atoms with van der Waals surface area (Å²) in [5, 5.41) is 6.50. The third-order valence-corrected chi connectivity index (χ3v) is 6.68. The molecule has 2 atom stereocenters. The standard InChI is InChI=1S/C16H26N2O2S/c19-15(18-14(11-1-2-11)12-3-4-12)17-13-5-7-20-16(9-13)6-8-21-10-16/h11-14H,1-10H2,(H2,17,18,19)/t13-,16+/m0/s1. The highest BCUT2D eigenvalue weighted by Gasteiger charge is 2.43. The molecule has 4 aliphatic rings. The van der Waals surface area contributed by atoms with Crippen molar-refractivity contribution < 1.29 is 9.53 Å². The lowest BCUT2D eigenvalue weighted by atomic mass is 9.90. The van der Waals surface area contributed by atoms with E-state index in [1.54, 1.807) is 0 Å². The second-order valence-corrected chi connectivity index (χ2v) is 8.45. The Morgan fingerprint density at radius 3 is 2.57 bits per heavy atom. The minimum absolute atomic E-state index is 0.0489. The average Bonchev–Trinajstić information content (AvgIpc) is 3.37. The minimum Gasteiger partial charge on any atom is -0.374 e. The van der Waals surface area contributed by atoms with E-state index in [4.69, 9.17) is 4.74 Å². The van der Waals surface area contributed by atoms with Gasteiger partial charge >= 0.3 is 6.03 Å². The summed E-state index contributed by atoms with van der Waals surface area (Å²) in [4.78, 5) is 12.3. The lowest BCUT2D eigenvalue weighted by Crippen LogP contribution is -2.53. The topological polar surface area (TPSA) is 50.4 Å². The van der Waals surface area contributed by atoms with Crippen LogP contribution in [0.5, 0.6) is 0 Å². The lowest BCUT2D eigenvalue weighted by Gasteiger charge is -2.38. The van der Waals surface area contributed by atoms with Gasteiger partial charge in [0.2, 0.25) is 0 Å². The minimum atomic E-state index is 0.0489. The van der Waals surface area contributed by atoms with Crippen LogP contribution in [-0.2, 0) is 4.74 Å². The van der Waals surface area contributed by atoms with Crippen LogP contribution in [0.15, 0.2) is 0 Å². The van der Waals surface area contributed by atoms with Crippen molar-refractivity contribution in [2.45, 2.75) is 62.6 Å². The molecule has 2 amide bonds. The number of thioether (sulfide) groups is 1. The Morgan fingerprint density at radius 2 is 1.95 bits per heavy atom. The number of hydrogen-bond acceptors (Lipinski definition) is 3. The Hall–Kier alpha value is -0.420. The molecule has 21 heavy (non-hydrogen) atoms. The number of hydrogen-bond donors (Lipinski definition) is 2. The first-order chi connectivity index (χ1) is 10.2. The predicted octanol–water partition coefficient (Wildman–Crippen LogP) is 2.53. The molecule has 2 aliphatic carbocycles. The molecule has 0 unspecified atom stereocenters. The summed E-state index contributed by atoms with van der Waals surface area (Å²) in [6, 6.07) is 0.795. The van der Waals surface area contributed by atoms with E-state index in [1.165, 1.54) is 31.4 Å². The van der Waals surface area contributed by atoms with Crippen LogP contribution in [0.3, 0.4) is 0 Å². The van der Waals surface area contributed by atoms with Crippen molar-refractivity contribution in [1.29, 1.82) is 0 Å². The summed E-state index contributed by atoms with van der Waals surface area (Å²) in [6.45, 7) is 0.792. The van der Waals surface area contributed by atoms with Crippen LogP contribution in [-0.4, -0.2) is 41.8 Å². The van der Waals surface area contributed by atoms with Crippen LogP contribution in [0.25, 0.3) is 0 Å². The van der Waals surface area contributed by atoms with Crippen LogP contribution in [0.1, 0.15) is 44.9 Å². The van der Waals surface area contributed by atoms with Gasteiger partial charge in [0.05, 0.1) is 5.60 Å². The summed E-state index contributed by atoms with van der Waals surface area (Å²) in [5.41, 5.74) is 0.0489. The van der Waals surface area contributed by atoms with Crippen molar-refractivity contribution in [1.82, 2.24) is 10.6 Å². The van der Waals surface area contributed by atoms with Gasteiger partial charge in [-0.1, -0.05) is 0 Å². The molecular weight excluding hydrogens is 284 g/mol. The number of urea groups is 1. The van der Waals surface area contributed by atoms with E-state index in [-0.39, 0.29) is 17.7 Å². The van der Waals surface area contributed by atoms with Gasteiger partial charge in [-0.05, 0) is 62.5 Å². The van der Waals surface area contributed by atoms with Gasteiger partial charge in [-0.25, -0.2) is 4.79 Å². The normalized spacial score (nSPS) is 36.1. The van der Waals surface area contributed by atoms with Crippen LogP contribution in [0, 0.1) is 11.8 Å². The van der Waals surface area contributed by atoms with Gasteiger partial charge in [-0.2, -0.15) is 11.8 Å². The van der Waals surface area contributed by atoms with E-state index in [0.717, 1.165) is 43.5 Å². The molecule has 5 heteroatoms. The molecule has 2 saturated carbocycles. The van der Waals surface area contributed by atoms with Gasteiger partial charge in [0.25, 0.3) is 0 Å². The van der Waals surface area contributed by atoms with Crippen molar-refractivity contribution in [3.8, 4) is 0 Å². The van der Waals surface area contributed by atoms with Crippen LogP contribution >= 0.6 is 11.8 Å². The Morgan fingerprint density at radius 1 is 1.19 bits per heavy atom. The van der Waals surface area contributed by atoms with E-state index < -0.39 is 0 Å². The SMILES string of the molecule is O=C(NC(C1CC1)C1CC1)N[C@H]1CCO[C@]2(CCSC2)C1. The highest BCUT2D eigenvalue weighted by atomic mass is 32.2. The molecule has 118 valence electrons. The lowest BCUT2D eigenvalue weighted by molar-refractivity contribution is -0.0684. The molecule has 0 bridgehead atoms. The van der Waals surface area contributed by atoms with Gasteiger partial charge in [0.15, 0.2) is 0 Å². The molecule has 2 N–H and O–H groups in total. The van der Waals surface area contributed by atoms with E-state index in [9.17, 15) is 4.79 Å². The van der Waals surface area contributed by atoms with Crippen molar-refractivity contribution in [2.24, 2.45) is 11.8 Å². The molecule has 0 aromatic rings. The molecule has 2 saturated heterocycles. The van der Waals surface area contributed by atoms with E-state index in [2.05, 4.69) is 10.6 Å². The largest absolute Gasteiger partial charge is 0.374 e.